The number of halogens is 2. The third-order valence-electron chi connectivity index (χ3n) is 16.4. The molecule has 0 aromatic heterocycles. The van der Waals surface area contributed by atoms with Gasteiger partial charge in [-0.15, -0.1) is 0 Å². The van der Waals surface area contributed by atoms with Crippen molar-refractivity contribution in [2.45, 2.75) is 86.5 Å². The Morgan fingerprint density at radius 3 is 2.08 bits per heavy atom. The number of likely N-dealkylation sites (tertiary alicyclic amines) is 2. The second-order valence-electron chi connectivity index (χ2n) is 18.3. The van der Waals surface area contributed by atoms with E-state index in [9.17, 15) is 9.59 Å². The number of fused-ring (bicyclic) bond motifs is 1. The summed E-state index contributed by atoms with van der Waals surface area (Å²) in [6, 6.07) is 9.31. The van der Waals surface area contributed by atoms with Crippen LogP contribution in [0.3, 0.4) is 0 Å². The van der Waals surface area contributed by atoms with E-state index < -0.39 is 5.60 Å². The highest BCUT2D eigenvalue weighted by molar-refractivity contribution is 15.0. The number of allylic oxidation sites excluding steroid dienone is 2. The number of benzene rings is 2. The fourth-order valence-corrected chi connectivity index (χ4v) is 13.2. The van der Waals surface area contributed by atoms with Crippen molar-refractivity contribution in [1.82, 2.24) is 19.4 Å². The Labute approximate surface area is 403 Å². The summed E-state index contributed by atoms with van der Waals surface area (Å²) >= 11 is 4.24. The van der Waals surface area contributed by atoms with Crippen LogP contribution in [0, 0.1) is 11.3 Å². The zero-order chi connectivity index (χ0) is 46.1. The first-order valence-corrected chi connectivity index (χ1v) is 28.4. The van der Waals surface area contributed by atoms with Gasteiger partial charge in [-0.05, 0) is 114 Å². The van der Waals surface area contributed by atoms with Crippen LogP contribution in [0.1, 0.15) is 41.5 Å². The molecular weight excluding hydrogens is 1040 g/mol. The molecule has 16 heteroatoms. The molecule has 4 heterocycles. The van der Waals surface area contributed by atoms with Gasteiger partial charge in [0, 0.05) is 73.0 Å². The van der Waals surface area contributed by atoms with Gasteiger partial charge in [-0.3, -0.25) is 14.5 Å². The molecule has 2 radical (unpaired) electrons. The summed E-state index contributed by atoms with van der Waals surface area (Å²) in [5.41, 5.74) is 5.67. The van der Waals surface area contributed by atoms with Crippen molar-refractivity contribution in [1.29, 1.82) is 0 Å². The zero-order valence-electron chi connectivity index (χ0n) is 38.7. The molecule has 4 aliphatic heterocycles. The van der Waals surface area contributed by atoms with E-state index in [-0.39, 0.29) is 46.2 Å². The molecule has 3 spiro atoms. The zero-order valence-corrected chi connectivity index (χ0v) is 43.0. The topological polar surface area (TPSA) is 102 Å². The van der Waals surface area contributed by atoms with Gasteiger partial charge in [-0.2, -0.15) is 0 Å². The van der Waals surface area contributed by atoms with E-state index in [1.165, 1.54) is 38.7 Å². The molecule has 3 fully saturated rings. The summed E-state index contributed by atoms with van der Waals surface area (Å²) in [5.74, 6) is 4.05. The van der Waals surface area contributed by atoms with E-state index in [4.69, 9.17) is 28.4 Å². The second kappa shape index (κ2) is 17.8. The number of ether oxygens (including phenoxy) is 6. The number of carbonyl (C=O) groups excluding carboxylic acids is 2. The predicted molar refractivity (Wildman–Crippen MR) is 267 cm³/mol. The molecule has 12 rings (SSSR count). The van der Waals surface area contributed by atoms with Crippen LogP contribution in [0.4, 0.5) is 0 Å². The van der Waals surface area contributed by atoms with Crippen molar-refractivity contribution >= 4 is 63.9 Å². The molecule has 2 amide bonds. The number of methoxy groups -OCH3 is 4. The van der Waals surface area contributed by atoms with Crippen molar-refractivity contribution in [3.63, 3.8) is 0 Å². The van der Waals surface area contributed by atoms with Gasteiger partial charge in [0.15, 0.2) is 29.1 Å². The second-order valence-corrected chi connectivity index (χ2v) is 18.3. The van der Waals surface area contributed by atoms with Crippen molar-refractivity contribution in [3.05, 3.63) is 94.8 Å². The standard InChI is InChI=1S/C24H30BN2O4.C19H21NO3.C5H9BNO.I2/c1-25-27(3)20(28)15-13-22-8-9-24(15,30-5)21-23(22)10-11-26(2)17(22)12-14-6-7-16(29-4)19(31-21)18(14)23;1-20-9-8-19-12-5-7-15(22-3)18(19)23-17-14(21-2)6-4-11(16(17)19)10-13(12)20;1-4-5(8)7(3)6-2;1-2/h6-9,15,17,21H,10-13H2,1-5H3;4-7,13,18H,8-10H2,1-3H3;4H,1H2,2-3H3;/t15-,17-,21?,22-,23+,24-;13-,18?,19+;;/m11../s1. The third kappa shape index (κ3) is 6.36. The van der Waals surface area contributed by atoms with Crippen LogP contribution in [0.5, 0.6) is 23.0 Å². The summed E-state index contributed by atoms with van der Waals surface area (Å²) < 4.78 is 36.6. The van der Waals surface area contributed by atoms with Crippen LogP contribution < -0.4 is 18.9 Å². The minimum absolute atomic E-state index is 0.0611. The van der Waals surface area contributed by atoms with Gasteiger partial charge in [0.05, 0.1) is 38.1 Å². The monoisotopic (exact) mass is 1100 g/mol. The maximum absolute atomic E-state index is 13.6. The van der Waals surface area contributed by atoms with Crippen LogP contribution in [-0.2, 0) is 42.7 Å². The lowest BCUT2D eigenvalue weighted by molar-refractivity contribution is -0.215. The summed E-state index contributed by atoms with van der Waals surface area (Å²) in [5, 5.41) is 0. The summed E-state index contributed by atoms with van der Waals surface area (Å²) in [6.45, 7) is 9.10. The van der Waals surface area contributed by atoms with Crippen molar-refractivity contribution < 1.29 is 38.0 Å². The summed E-state index contributed by atoms with van der Waals surface area (Å²) in [6.07, 6.45) is 14.7. The predicted octanol–water partition coefficient (Wildman–Crippen LogP) is 6.54. The summed E-state index contributed by atoms with van der Waals surface area (Å²) in [4.78, 5) is 32.3. The first kappa shape index (κ1) is 47.3. The molecule has 6 aliphatic carbocycles. The lowest BCUT2D eigenvalue weighted by Gasteiger charge is -2.70. The van der Waals surface area contributed by atoms with Gasteiger partial charge in [-0.1, -0.05) is 50.6 Å². The van der Waals surface area contributed by atoms with Crippen molar-refractivity contribution in [2.24, 2.45) is 11.3 Å². The van der Waals surface area contributed by atoms with Crippen LogP contribution >= 0.6 is 37.2 Å². The van der Waals surface area contributed by atoms with Crippen LogP contribution in [0.2, 0.25) is 13.6 Å². The molecule has 12 nitrogen and oxygen atoms in total. The number of rotatable bonds is 8. The molecule has 10 aliphatic rings. The van der Waals surface area contributed by atoms with E-state index >= 15 is 0 Å². The maximum Gasteiger partial charge on any atom is 0.246 e. The van der Waals surface area contributed by atoms with Crippen LogP contribution in [0.15, 0.2) is 72.6 Å². The first-order valence-electron chi connectivity index (χ1n) is 22.1. The number of hydrogen-bond acceptors (Lipinski definition) is 10. The van der Waals surface area contributed by atoms with Crippen LogP contribution in [0.25, 0.3) is 0 Å². The molecule has 0 N–H and O–H groups in total. The van der Waals surface area contributed by atoms with Crippen LogP contribution in [-0.4, -0.2) is 146 Å². The minimum Gasteiger partial charge on any atom is -0.497 e. The van der Waals surface area contributed by atoms with Gasteiger partial charge >= 0.3 is 0 Å². The molecule has 2 unspecified atom stereocenters. The normalized spacial score (nSPS) is 32.8. The SMILES string of the molecule is C=CC(=O)N(C)[B]C.COC1=CC=C2[C@H]3Cc4ccc(OC)c5c4[C@@]2(CCN3C)C1O5.C[B]N(C)C(=O)[C@H]1C[C@@]23C=C[C@]1(OC)C1Oc4c(OC)ccc5c4[C@@]12CCN(C)[C@@H]3C5.II. The number of amides is 2. The first-order chi connectivity index (χ1) is 30.8. The molecule has 2 aromatic carbocycles. The maximum atomic E-state index is 13.6. The molecule has 64 heavy (non-hydrogen) atoms. The Hall–Kier alpha value is -3.19. The Morgan fingerprint density at radius 2 is 1.48 bits per heavy atom. The van der Waals surface area contributed by atoms with Gasteiger partial charge < -0.3 is 42.9 Å². The Balaban J connectivity index is 0.000000149. The van der Waals surface area contributed by atoms with E-state index in [1.54, 1.807) is 54.5 Å². The van der Waals surface area contributed by atoms with E-state index in [1.807, 2.05) is 33.4 Å². The Morgan fingerprint density at radius 1 is 0.844 bits per heavy atom. The third-order valence-corrected chi connectivity index (χ3v) is 16.4. The number of carbonyl (C=O) groups is 2. The highest BCUT2D eigenvalue weighted by Gasteiger charge is 2.80. The van der Waals surface area contributed by atoms with Gasteiger partial charge in [0.2, 0.25) is 26.6 Å². The molecule has 1 saturated carbocycles. The largest absolute Gasteiger partial charge is 0.497 e. The number of hydrogen-bond donors (Lipinski definition) is 0. The lowest BCUT2D eigenvalue weighted by atomic mass is 9.37. The molecular formula is C48H60B2I2N4O8. The molecule has 9 atom stereocenters. The van der Waals surface area contributed by atoms with Crippen molar-refractivity contribution in [3.8, 4) is 23.0 Å². The number of likely N-dealkylation sites (N-methyl/N-ethyl adjacent to an activating group) is 3. The highest BCUT2D eigenvalue weighted by Crippen LogP contribution is 2.74. The smallest absolute Gasteiger partial charge is 0.246 e. The van der Waals surface area contributed by atoms with E-state index in [2.05, 4.69) is 104 Å². The van der Waals surface area contributed by atoms with Gasteiger partial charge in [0.1, 0.15) is 17.5 Å². The fourth-order valence-electron chi connectivity index (χ4n) is 13.2. The lowest BCUT2D eigenvalue weighted by Crippen LogP contribution is -2.80. The highest BCUT2D eigenvalue weighted by atomic mass is 128. The molecule has 6 bridgehead atoms. The molecule has 340 valence electrons. The van der Waals surface area contributed by atoms with E-state index in [0.29, 0.717) is 12.1 Å². The van der Waals surface area contributed by atoms with Crippen molar-refractivity contribution in [2.75, 3.05) is 69.7 Å². The molecule has 2 aromatic rings. The fraction of sp³-hybridized carbons (Fsp3) is 0.542. The average molecular weight is 1100 g/mol. The molecule has 2 saturated heterocycles. The summed E-state index contributed by atoms with van der Waals surface area (Å²) in [7, 11) is 18.4. The average Bonchev–Trinajstić information content (AvgIpc) is 3.89. The quantitative estimate of drug-likeness (QED) is 0.126. The Bertz CT molecular complexity index is 2310. The minimum atomic E-state index is -0.796. The number of piperidine rings is 2. The Kier molecular flexibility index (Phi) is 13.2. The van der Waals surface area contributed by atoms with Gasteiger partial charge in [-0.25, -0.2) is 0 Å². The van der Waals surface area contributed by atoms with E-state index in [0.717, 1.165) is 74.0 Å². The number of nitrogens with zero attached hydrogens (tertiary/aromatic N) is 4. The van der Waals surface area contributed by atoms with Gasteiger partial charge in [0.25, 0.3) is 0 Å².